The van der Waals surface area contributed by atoms with Crippen molar-refractivity contribution >= 4 is 5.95 Å². The molecule has 4 nitrogen and oxygen atoms in total. The van der Waals surface area contributed by atoms with Crippen molar-refractivity contribution in [1.82, 2.24) is 15.3 Å². The van der Waals surface area contributed by atoms with Crippen molar-refractivity contribution in [2.75, 3.05) is 25.0 Å². The molecule has 0 bridgehead atoms. The number of nitrogens with zero attached hydrogens (tertiary/aromatic N) is 3. The van der Waals surface area contributed by atoms with Crippen molar-refractivity contribution in [2.45, 2.75) is 39.7 Å². The second-order valence-corrected chi connectivity index (χ2v) is 5.38. The van der Waals surface area contributed by atoms with E-state index in [1.54, 1.807) is 0 Å². The number of anilines is 1. The molecule has 4 heteroatoms. The summed E-state index contributed by atoms with van der Waals surface area (Å²) in [6.45, 7) is 8.48. The van der Waals surface area contributed by atoms with Crippen LogP contribution in [0.4, 0.5) is 5.95 Å². The average molecular weight is 248 g/mol. The molecule has 1 aliphatic rings. The molecule has 2 heterocycles. The van der Waals surface area contributed by atoms with Gasteiger partial charge in [-0.15, -0.1) is 0 Å². The molecule has 1 N–H and O–H groups in total. The van der Waals surface area contributed by atoms with E-state index in [0.717, 1.165) is 30.4 Å². The monoisotopic (exact) mass is 248 g/mol. The zero-order valence-electron chi connectivity index (χ0n) is 11.9. The van der Waals surface area contributed by atoms with Gasteiger partial charge in [-0.25, -0.2) is 9.97 Å². The molecule has 1 aromatic rings. The lowest BCUT2D eigenvalue weighted by molar-refractivity contribution is 0.331. The first kappa shape index (κ1) is 13.3. The smallest absolute Gasteiger partial charge is 0.225 e. The SMILES string of the molecule is CNC(C)C1CCCN(c2nc(C)cc(C)n2)C1. The molecule has 1 fully saturated rings. The van der Waals surface area contributed by atoms with Gasteiger partial charge in [-0.2, -0.15) is 0 Å². The van der Waals surface area contributed by atoms with Crippen molar-refractivity contribution < 1.29 is 0 Å². The van der Waals surface area contributed by atoms with Crippen molar-refractivity contribution in [3.63, 3.8) is 0 Å². The largest absolute Gasteiger partial charge is 0.340 e. The number of aromatic nitrogens is 2. The van der Waals surface area contributed by atoms with Crippen molar-refractivity contribution in [2.24, 2.45) is 5.92 Å². The van der Waals surface area contributed by atoms with Gasteiger partial charge in [-0.05, 0) is 52.6 Å². The van der Waals surface area contributed by atoms with Gasteiger partial charge in [0, 0.05) is 30.5 Å². The second-order valence-electron chi connectivity index (χ2n) is 5.38. The molecule has 18 heavy (non-hydrogen) atoms. The third kappa shape index (κ3) is 2.99. The van der Waals surface area contributed by atoms with Gasteiger partial charge in [0.2, 0.25) is 5.95 Å². The molecule has 2 atom stereocenters. The first-order valence-electron chi connectivity index (χ1n) is 6.84. The normalized spacial score (nSPS) is 22.0. The van der Waals surface area contributed by atoms with E-state index < -0.39 is 0 Å². The topological polar surface area (TPSA) is 41.0 Å². The minimum Gasteiger partial charge on any atom is -0.340 e. The minimum atomic E-state index is 0.554. The highest BCUT2D eigenvalue weighted by Gasteiger charge is 2.25. The van der Waals surface area contributed by atoms with Crippen LogP contribution in [0.25, 0.3) is 0 Å². The maximum atomic E-state index is 4.57. The fourth-order valence-corrected chi connectivity index (χ4v) is 2.68. The fraction of sp³-hybridized carbons (Fsp3) is 0.714. The summed E-state index contributed by atoms with van der Waals surface area (Å²) >= 11 is 0. The van der Waals surface area contributed by atoms with Crippen molar-refractivity contribution in [3.05, 3.63) is 17.5 Å². The maximum Gasteiger partial charge on any atom is 0.225 e. The maximum absolute atomic E-state index is 4.57. The van der Waals surface area contributed by atoms with E-state index in [1.165, 1.54) is 12.8 Å². The van der Waals surface area contributed by atoms with E-state index in [9.17, 15) is 0 Å². The summed E-state index contributed by atoms with van der Waals surface area (Å²) in [5.74, 6) is 1.59. The molecule has 0 aliphatic carbocycles. The summed E-state index contributed by atoms with van der Waals surface area (Å²) in [4.78, 5) is 11.5. The molecule has 0 spiro atoms. The zero-order chi connectivity index (χ0) is 13.1. The van der Waals surface area contributed by atoms with Crippen molar-refractivity contribution in [1.29, 1.82) is 0 Å². The summed E-state index contributed by atoms with van der Waals surface area (Å²) < 4.78 is 0. The predicted octanol–water partition coefficient (Wildman–Crippen LogP) is 1.92. The summed E-state index contributed by atoms with van der Waals surface area (Å²) in [7, 11) is 2.04. The van der Waals surface area contributed by atoms with E-state index in [-0.39, 0.29) is 0 Å². The van der Waals surface area contributed by atoms with Gasteiger partial charge in [-0.1, -0.05) is 0 Å². The molecule has 1 aliphatic heterocycles. The van der Waals surface area contributed by atoms with E-state index in [2.05, 4.69) is 27.1 Å². The van der Waals surface area contributed by atoms with Gasteiger partial charge in [0.15, 0.2) is 0 Å². The minimum absolute atomic E-state index is 0.554. The molecule has 0 amide bonds. The quantitative estimate of drug-likeness (QED) is 0.887. The Morgan fingerprint density at radius 2 is 2.00 bits per heavy atom. The van der Waals surface area contributed by atoms with Crippen LogP contribution in [0.5, 0.6) is 0 Å². The Balaban J connectivity index is 2.12. The molecule has 1 saturated heterocycles. The van der Waals surface area contributed by atoms with Crippen LogP contribution in [-0.2, 0) is 0 Å². The van der Waals surface area contributed by atoms with Gasteiger partial charge >= 0.3 is 0 Å². The molecule has 0 aromatic carbocycles. The molecule has 2 unspecified atom stereocenters. The van der Waals surface area contributed by atoms with Gasteiger partial charge in [0.05, 0.1) is 0 Å². The van der Waals surface area contributed by atoms with Crippen LogP contribution in [0, 0.1) is 19.8 Å². The molecular formula is C14H24N4. The lowest BCUT2D eigenvalue weighted by atomic mass is 9.92. The first-order chi connectivity index (χ1) is 8.60. The van der Waals surface area contributed by atoms with Crippen LogP contribution in [0.1, 0.15) is 31.2 Å². The molecule has 100 valence electrons. The predicted molar refractivity (Wildman–Crippen MR) is 75.0 cm³/mol. The summed E-state index contributed by atoms with van der Waals surface area (Å²) in [6.07, 6.45) is 2.52. The molecule has 0 radical (unpaired) electrons. The number of hydrogen-bond acceptors (Lipinski definition) is 4. The zero-order valence-corrected chi connectivity index (χ0v) is 11.9. The molecular weight excluding hydrogens is 224 g/mol. The third-order valence-electron chi connectivity index (χ3n) is 3.87. The Labute approximate surface area is 110 Å². The van der Waals surface area contributed by atoms with Gasteiger partial charge < -0.3 is 10.2 Å². The Morgan fingerprint density at radius 3 is 2.61 bits per heavy atom. The van der Waals surface area contributed by atoms with Gasteiger partial charge in [0.25, 0.3) is 0 Å². The highest BCUT2D eigenvalue weighted by atomic mass is 15.3. The Hall–Kier alpha value is -1.16. The van der Waals surface area contributed by atoms with Gasteiger partial charge in [0.1, 0.15) is 0 Å². The highest BCUT2D eigenvalue weighted by molar-refractivity contribution is 5.33. The lowest BCUT2D eigenvalue weighted by Gasteiger charge is -2.35. The molecule has 2 rings (SSSR count). The van der Waals surface area contributed by atoms with E-state index in [0.29, 0.717) is 12.0 Å². The summed E-state index contributed by atoms with van der Waals surface area (Å²) in [5.41, 5.74) is 2.11. The number of rotatable bonds is 3. The Bertz CT molecular complexity index is 385. The second kappa shape index (κ2) is 5.65. The standard InChI is InChI=1S/C14H24N4/c1-10-8-11(2)17-14(16-10)18-7-5-6-13(9-18)12(3)15-4/h8,12-13,15H,5-7,9H2,1-4H3. The van der Waals surface area contributed by atoms with Crippen LogP contribution < -0.4 is 10.2 Å². The van der Waals surface area contributed by atoms with Gasteiger partial charge in [-0.3, -0.25) is 0 Å². The number of aryl methyl sites for hydroxylation is 2. The van der Waals surface area contributed by atoms with E-state index in [1.807, 2.05) is 27.0 Å². The Morgan fingerprint density at radius 1 is 1.33 bits per heavy atom. The van der Waals surface area contributed by atoms with Crippen LogP contribution in [-0.4, -0.2) is 36.1 Å². The average Bonchev–Trinajstić information content (AvgIpc) is 2.37. The van der Waals surface area contributed by atoms with Crippen molar-refractivity contribution in [3.8, 4) is 0 Å². The van der Waals surface area contributed by atoms with Crippen LogP contribution in [0.2, 0.25) is 0 Å². The van der Waals surface area contributed by atoms with Crippen LogP contribution >= 0.6 is 0 Å². The number of nitrogens with one attached hydrogen (secondary N) is 1. The fourth-order valence-electron chi connectivity index (χ4n) is 2.68. The van der Waals surface area contributed by atoms with E-state index in [4.69, 9.17) is 0 Å². The van der Waals surface area contributed by atoms with E-state index >= 15 is 0 Å². The lowest BCUT2D eigenvalue weighted by Crippen LogP contribution is -2.44. The summed E-state index contributed by atoms with van der Waals surface area (Å²) in [5, 5.41) is 3.36. The number of hydrogen-bond donors (Lipinski definition) is 1. The van der Waals surface area contributed by atoms with Crippen LogP contribution in [0.15, 0.2) is 6.07 Å². The molecule has 1 aromatic heterocycles. The number of piperidine rings is 1. The first-order valence-corrected chi connectivity index (χ1v) is 6.84. The summed E-state index contributed by atoms with van der Waals surface area (Å²) in [6, 6.07) is 2.58. The molecule has 0 saturated carbocycles. The van der Waals surface area contributed by atoms with Crippen LogP contribution in [0.3, 0.4) is 0 Å². The Kier molecular flexibility index (Phi) is 4.17. The highest BCUT2D eigenvalue weighted by Crippen LogP contribution is 2.23. The third-order valence-corrected chi connectivity index (χ3v) is 3.87.